The lowest BCUT2D eigenvalue weighted by atomic mass is 10.1. The molecule has 0 spiro atoms. The third-order valence-corrected chi connectivity index (χ3v) is 4.99. The molecule has 0 bridgehead atoms. The molecule has 0 aliphatic carbocycles. The number of imide groups is 1. The SMILES string of the molecule is CC[C@@H](C)Oc1ccc(Br)cc1/C=C1\NC(=O)N(Cc2ccc(C(=O)OC)o2)C1=O. The highest BCUT2D eigenvalue weighted by Gasteiger charge is 2.34. The minimum atomic E-state index is -0.637. The maximum atomic E-state index is 12.8. The quantitative estimate of drug-likeness (QED) is 0.367. The van der Waals surface area contributed by atoms with Crippen LogP contribution in [-0.2, 0) is 16.1 Å². The highest BCUT2D eigenvalue weighted by atomic mass is 79.9. The number of nitrogens with zero attached hydrogens (tertiary/aromatic N) is 1. The first-order valence-corrected chi connectivity index (χ1v) is 10.1. The summed E-state index contributed by atoms with van der Waals surface area (Å²) in [7, 11) is 1.24. The molecule has 1 aromatic carbocycles. The number of halogens is 1. The first kappa shape index (κ1) is 21.6. The van der Waals surface area contributed by atoms with Gasteiger partial charge in [-0.15, -0.1) is 0 Å². The number of esters is 1. The maximum Gasteiger partial charge on any atom is 0.373 e. The maximum absolute atomic E-state index is 12.8. The summed E-state index contributed by atoms with van der Waals surface area (Å²) in [6, 6.07) is 7.82. The van der Waals surface area contributed by atoms with Crippen LogP contribution >= 0.6 is 15.9 Å². The molecule has 158 valence electrons. The molecule has 1 fully saturated rings. The smallest absolute Gasteiger partial charge is 0.373 e. The van der Waals surface area contributed by atoms with E-state index in [1.165, 1.54) is 19.2 Å². The molecule has 9 heteroatoms. The minimum Gasteiger partial charge on any atom is -0.490 e. The number of hydrogen-bond acceptors (Lipinski definition) is 6. The fourth-order valence-corrected chi connectivity index (χ4v) is 3.12. The van der Waals surface area contributed by atoms with Crippen LogP contribution in [0.15, 0.2) is 44.9 Å². The van der Waals surface area contributed by atoms with E-state index in [0.717, 1.165) is 15.8 Å². The third kappa shape index (κ3) is 4.73. The van der Waals surface area contributed by atoms with E-state index in [4.69, 9.17) is 9.15 Å². The van der Waals surface area contributed by atoms with Gasteiger partial charge in [0.15, 0.2) is 0 Å². The van der Waals surface area contributed by atoms with Crippen molar-refractivity contribution in [2.24, 2.45) is 0 Å². The number of methoxy groups -OCH3 is 1. The number of carbonyl (C=O) groups excluding carboxylic acids is 3. The summed E-state index contributed by atoms with van der Waals surface area (Å²) in [5.41, 5.74) is 0.771. The Hall–Kier alpha value is -3.07. The molecule has 1 saturated heterocycles. The van der Waals surface area contributed by atoms with Crippen molar-refractivity contribution in [3.05, 3.63) is 57.6 Å². The zero-order valence-corrected chi connectivity index (χ0v) is 18.3. The van der Waals surface area contributed by atoms with Crippen molar-refractivity contribution in [1.82, 2.24) is 10.2 Å². The minimum absolute atomic E-state index is 0.00310. The summed E-state index contributed by atoms with van der Waals surface area (Å²) in [4.78, 5) is 37.6. The van der Waals surface area contributed by atoms with Crippen molar-refractivity contribution in [1.29, 1.82) is 0 Å². The molecule has 1 N–H and O–H groups in total. The summed E-state index contributed by atoms with van der Waals surface area (Å²) in [6.45, 7) is 3.85. The van der Waals surface area contributed by atoms with Crippen LogP contribution in [0.5, 0.6) is 5.75 Å². The molecule has 8 nitrogen and oxygen atoms in total. The average Bonchev–Trinajstić information content (AvgIpc) is 3.30. The topological polar surface area (TPSA) is 98.1 Å². The van der Waals surface area contributed by atoms with Crippen molar-refractivity contribution in [2.75, 3.05) is 7.11 Å². The molecule has 0 saturated carbocycles. The second kappa shape index (κ2) is 9.17. The van der Waals surface area contributed by atoms with Gasteiger partial charge in [0, 0.05) is 10.0 Å². The average molecular weight is 477 g/mol. The molecule has 0 unspecified atom stereocenters. The van der Waals surface area contributed by atoms with Gasteiger partial charge >= 0.3 is 12.0 Å². The van der Waals surface area contributed by atoms with E-state index < -0.39 is 17.9 Å². The largest absolute Gasteiger partial charge is 0.490 e. The molecule has 3 amide bonds. The van der Waals surface area contributed by atoms with Crippen molar-refractivity contribution >= 4 is 39.9 Å². The number of nitrogens with one attached hydrogen (secondary N) is 1. The van der Waals surface area contributed by atoms with E-state index in [-0.39, 0.29) is 29.9 Å². The van der Waals surface area contributed by atoms with Gasteiger partial charge in [0.1, 0.15) is 17.2 Å². The molecule has 1 aliphatic heterocycles. The Bertz CT molecular complexity index is 1010. The van der Waals surface area contributed by atoms with Gasteiger partial charge in [0.25, 0.3) is 5.91 Å². The number of ether oxygens (including phenoxy) is 2. The number of hydrogen-bond donors (Lipinski definition) is 1. The van der Waals surface area contributed by atoms with Gasteiger partial charge in [0.05, 0.1) is 19.8 Å². The molecule has 1 atom stereocenters. The van der Waals surface area contributed by atoms with Crippen LogP contribution in [0.4, 0.5) is 4.79 Å². The van der Waals surface area contributed by atoms with Gasteiger partial charge in [-0.25, -0.2) is 9.59 Å². The Kier molecular flexibility index (Phi) is 6.61. The van der Waals surface area contributed by atoms with Crippen LogP contribution in [0.1, 0.15) is 42.1 Å². The van der Waals surface area contributed by atoms with Crippen molar-refractivity contribution in [3.8, 4) is 5.75 Å². The van der Waals surface area contributed by atoms with E-state index in [1.807, 2.05) is 26.0 Å². The molecule has 2 heterocycles. The summed E-state index contributed by atoms with van der Waals surface area (Å²) in [5, 5.41) is 2.57. The Morgan fingerprint density at radius 2 is 2.07 bits per heavy atom. The molecule has 1 aliphatic rings. The molecule has 1 aromatic heterocycles. The molecule has 2 aromatic rings. The normalized spacial score (nSPS) is 16.0. The van der Waals surface area contributed by atoms with Gasteiger partial charge in [-0.2, -0.15) is 0 Å². The third-order valence-electron chi connectivity index (χ3n) is 4.50. The van der Waals surface area contributed by atoms with E-state index in [2.05, 4.69) is 26.0 Å². The number of benzene rings is 1. The fourth-order valence-electron chi connectivity index (χ4n) is 2.74. The van der Waals surface area contributed by atoms with Crippen molar-refractivity contribution in [3.63, 3.8) is 0 Å². The zero-order valence-electron chi connectivity index (χ0n) is 16.7. The monoisotopic (exact) mass is 476 g/mol. The second-order valence-corrected chi connectivity index (χ2v) is 7.57. The van der Waals surface area contributed by atoms with Gasteiger partial charge in [0.2, 0.25) is 5.76 Å². The molecule has 3 rings (SSSR count). The van der Waals surface area contributed by atoms with Crippen LogP contribution in [-0.4, -0.2) is 36.0 Å². The van der Waals surface area contributed by atoms with Gasteiger partial charge < -0.3 is 19.2 Å². The van der Waals surface area contributed by atoms with Crippen LogP contribution in [0, 0.1) is 0 Å². The van der Waals surface area contributed by atoms with Gasteiger partial charge in [-0.1, -0.05) is 22.9 Å². The number of carbonyl (C=O) groups is 3. The van der Waals surface area contributed by atoms with Crippen LogP contribution in [0.2, 0.25) is 0 Å². The second-order valence-electron chi connectivity index (χ2n) is 6.66. The first-order valence-electron chi connectivity index (χ1n) is 9.30. The zero-order chi connectivity index (χ0) is 21.8. The summed E-state index contributed by atoms with van der Waals surface area (Å²) >= 11 is 3.41. The molecular weight excluding hydrogens is 456 g/mol. The standard InChI is InChI=1S/C21H21BrN2O6/c1-4-12(2)29-17-7-5-14(22)9-13(17)10-16-19(25)24(21(27)23-16)11-15-6-8-18(30-15)20(26)28-3/h5-10,12H,4,11H2,1-3H3,(H,23,27)/b16-10-/t12-/m1/s1. The molecule has 30 heavy (non-hydrogen) atoms. The Balaban J connectivity index is 1.82. The van der Waals surface area contributed by atoms with Crippen molar-refractivity contribution in [2.45, 2.75) is 32.9 Å². The van der Waals surface area contributed by atoms with Crippen LogP contribution in [0.25, 0.3) is 6.08 Å². The van der Waals surface area contributed by atoms with Gasteiger partial charge in [-0.3, -0.25) is 9.69 Å². The Morgan fingerprint density at radius 3 is 2.77 bits per heavy atom. The van der Waals surface area contributed by atoms with E-state index in [1.54, 1.807) is 12.1 Å². The van der Waals surface area contributed by atoms with Crippen LogP contribution < -0.4 is 10.1 Å². The number of rotatable bonds is 7. The number of urea groups is 1. The van der Waals surface area contributed by atoms with Crippen molar-refractivity contribution < 1.29 is 28.3 Å². The van der Waals surface area contributed by atoms with E-state index in [9.17, 15) is 14.4 Å². The van der Waals surface area contributed by atoms with Crippen LogP contribution in [0.3, 0.4) is 0 Å². The Morgan fingerprint density at radius 1 is 1.30 bits per heavy atom. The lowest BCUT2D eigenvalue weighted by Crippen LogP contribution is -2.30. The summed E-state index contributed by atoms with van der Waals surface area (Å²) < 4.78 is 16.7. The van der Waals surface area contributed by atoms with E-state index >= 15 is 0 Å². The fraction of sp³-hybridized carbons (Fsp3) is 0.286. The predicted molar refractivity (Wildman–Crippen MR) is 112 cm³/mol. The molecule has 0 radical (unpaired) electrons. The highest BCUT2D eigenvalue weighted by molar-refractivity contribution is 9.10. The summed E-state index contributed by atoms with van der Waals surface area (Å²) in [5.74, 6) is -0.262. The summed E-state index contributed by atoms with van der Waals surface area (Å²) in [6.07, 6.45) is 2.40. The van der Waals surface area contributed by atoms with E-state index in [0.29, 0.717) is 11.3 Å². The predicted octanol–water partition coefficient (Wildman–Crippen LogP) is 4.10. The lowest BCUT2D eigenvalue weighted by Gasteiger charge is -2.15. The first-order chi connectivity index (χ1) is 14.3. The van der Waals surface area contributed by atoms with Gasteiger partial charge in [-0.05, 0) is 49.8 Å². The lowest BCUT2D eigenvalue weighted by molar-refractivity contribution is -0.123. The highest BCUT2D eigenvalue weighted by Crippen LogP contribution is 2.28. The number of furan rings is 1. The molecular formula is C21H21BrN2O6. The number of amides is 3. The Labute approximate surface area is 181 Å².